The number of aliphatic hydroxyl groups is 1. The molecule has 1 unspecified atom stereocenters. The Morgan fingerprint density at radius 2 is 1.89 bits per heavy atom. The lowest BCUT2D eigenvalue weighted by atomic mass is 9.96. The van der Waals surface area contributed by atoms with Crippen LogP contribution >= 0.6 is 0 Å². The second-order valence-corrected chi connectivity index (χ2v) is 5.39. The first-order chi connectivity index (χ1) is 8.47. The Labute approximate surface area is 107 Å². The summed E-state index contributed by atoms with van der Waals surface area (Å²) in [5.74, 6) is 1.13. The van der Waals surface area contributed by atoms with Gasteiger partial charge in [0.1, 0.15) is 0 Å². The predicted molar refractivity (Wildman–Crippen MR) is 68.1 cm³/mol. The smallest absolute Gasteiger partial charge is 0.229 e. The lowest BCUT2D eigenvalue weighted by molar-refractivity contribution is 0.164. The molecule has 1 atom stereocenters. The van der Waals surface area contributed by atoms with E-state index in [1.165, 1.54) is 0 Å². The summed E-state index contributed by atoms with van der Waals surface area (Å²) < 4.78 is 5.16. The SMILES string of the molecule is CC(C)(C)c1noc(CC(O)c2ccccc2)n1. The van der Waals surface area contributed by atoms with E-state index in [2.05, 4.69) is 10.1 Å². The Morgan fingerprint density at radius 3 is 2.44 bits per heavy atom. The number of benzene rings is 1. The summed E-state index contributed by atoms with van der Waals surface area (Å²) in [7, 11) is 0. The molecule has 0 saturated carbocycles. The van der Waals surface area contributed by atoms with Crippen molar-refractivity contribution in [1.29, 1.82) is 0 Å². The Balaban J connectivity index is 2.08. The van der Waals surface area contributed by atoms with Crippen molar-refractivity contribution >= 4 is 0 Å². The fourth-order valence-corrected chi connectivity index (χ4v) is 1.60. The van der Waals surface area contributed by atoms with E-state index in [1.54, 1.807) is 0 Å². The van der Waals surface area contributed by atoms with Gasteiger partial charge in [-0.3, -0.25) is 0 Å². The van der Waals surface area contributed by atoms with Gasteiger partial charge in [0.25, 0.3) is 0 Å². The molecule has 2 aromatic rings. The highest BCUT2D eigenvalue weighted by atomic mass is 16.5. The van der Waals surface area contributed by atoms with Crippen molar-refractivity contribution in [3.05, 3.63) is 47.6 Å². The highest BCUT2D eigenvalue weighted by molar-refractivity contribution is 5.18. The first-order valence-corrected chi connectivity index (χ1v) is 6.03. The minimum Gasteiger partial charge on any atom is -0.388 e. The maximum Gasteiger partial charge on any atom is 0.229 e. The quantitative estimate of drug-likeness (QED) is 0.904. The van der Waals surface area contributed by atoms with Gasteiger partial charge in [-0.1, -0.05) is 56.3 Å². The summed E-state index contributed by atoms with van der Waals surface area (Å²) in [5, 5.41) is 14.0. The molecule has 0 fully saturated rings. The van der Waals surface area contributed by atoms with Crippen LogP contribution in [-0.2, 0) is 11.8 Å². The third kappa shape index (κ3) is 2.96. The largest absolute Gasteiger partial charge is 0.388 e. The monoisotopic (exact) mass is 246 g/mol. The molecule has 4 heteroatoms. The van der Waals surface area contributed by atoms with Crippen LogP contribution in [0.3, 0.4) is 0 Å². The lowest BCUT2D eigenvalue weighted by Crippen LogP contribution is -2.13. The van der Waals surface area contributed by atoms with Crippen molar-refractivity contribution in [1.82, 2.24) is 10.1 Å². The summed E-state index contributed by atoms with van der Waals surface area (Å²) in [4.78, 5) is 4.31. The first-order valence-electron chi connectivity index (χ1n) is 6.03. The summed E-state index contributed by atoms with van der Waals surface area (Å²) in [6, 6.07) is 9.47. The van der Waals surface area contributed by atoms with Crippen molar-refractivity contribution in [3.8, 4) is 0 Å². The maximum atomic E-state index is 10.1. The van der Waals surface area contributed by atoms with Gasteiger partial charge in [0, 0.05) is 5.41 Å². The molecular formula is C14H18N2O2. The molecule has 0 aliphatic heterocycles. The highest BCUT2D eigenvalue weighted by Crippen LogP contribution is 2.21. The molecule has 2 rings (SSSR count). The van der Waals surface area contributed by atoms with E-state index >= 15 is 0 Å². The van der Waals surface area contributed by atoms with E-state index in [0.29, 0.717) is 18.1 Å². The molecule has 0 spiro atoms. The Morgan fingerprint density at radius 1 is 1.22 bits per heavy atom. The predicted octanol–water partition coefficient (Wildman–Crippen LogP) is 2.64. The summed E-state index contributed by atoms with van der Waals surface area (Å²) >= 11 is 0. The zero-order valence-corrected chi connectivity index (χ0v) is 10.9. The highest BCUT2D eigenvalue weighted by Gasteiger charge is 2.22. The van der Waals surface area contributed by atoms with Gasteiger partial charge >= 0.3 is 0 Å². The second-order valence-electron chi connectivity index (χ2n) is 5.39. The average molecular weight is 246 g/mol. The van der Waals surface area contributed by atoms with Gasteiger partial charge in [-0.2, -0.15) is 4.98 Å². The third-order valence-corrected chi connectivity index (χ3v) is 2.69. The Bertz CT molecular complexity index is 500. The second kappa shape index (κ2) is 4.90. The molecule has 1 aromatic heterocycles. The van der Waals surface area contributed by atoms with Crippen molar-refractivity contribution in [3.63, 3.8) is 0 Å². The molecule has 4 nitrogen and oxygen atoms in total. The van der Waals surface area contributed by atoms with E-state index in [1.807, 2.05) is 51.1 Å². The van der Waals surface area contributed by atoms with E-state index in [9.17, 15) is 5.11 Å². The van der Waals surface area contributed by atoms with Gasteiger partial charge in [-0.05, 0) is 5.56 Å². The third-order valence-electron chi connectivity index (χ3n) is 2.69. The van der Waals surface area contributed by atoms with E-state index in [4.69, 9.17) is 4.52 Å². The molecule has 0 aliphatic rings. The van der Waals surface area contributed by atoms with Crippen LogP contribution in [0.25, 0.3) is 0 Å². The van der Waals surface area contributed by atoms with Crippen LogP contribution in [0.1, 0.15) is 44.2 Å². The van der Waals surface area contributed by atoms with Crippen molar-refractivity contribution in [2.24, 2.45) is 0 Å². The fraction of sp³-hybridized carbons (Fsp3) is 0.429. The van der Waals surface area contributed by atoms with E-state index < -0.39 is 6.10 Å². The number of aliphatic hydroxyl groups excluding tert-OH is 1. The van der Waals surface area contributed by atoms with E-state index in [0.717, 1.165) is 5.56 Å². The van der Waals surface area contributed by atoms with Crippen LogP contribution in [0.2, 0.25) is 0 Å². The van der Waals surface area contributed by atoms with Crippen molar-refractivity contribution < 1.29 is 9.63 Å². The van der Waals surface area contributed by atoms with Gasteiger partial charge in [-0.15, -0.1) is 0 Å². The van der Waals surface area contributed by atoms with Crippen LogP contribution < -0.4 is 0 Å². The van der Waals surface area contributed by atoms with Crippen LogP contribution in [0.4, 0.5) is 0 Å². The molecular weight excluding hydrogens is 228 g/mol. The van der Waals surface area contributed by atoms with E-state index in [-0.39, 0.29) is 5.41 Å². The minimum atomic E-state index is -0.612. The number of hydrogen-bond donors (Lipinski definition) is 1. The van der Waals surface area contributed by atoms with Crippen LogP contribution in [0.15, 0.2) is 34.9 Å². The number of aromatic nitrogens is 2. The Kier molecular flexibility index (Phi) is 3.48. The minimum absolute atomic E-state index is 0.139. The number of nitrogens with zero attached hydrogens (tertiary/aromatic N) is 2. The van der Waals surface area contributed by atoms with Crippen LogP contribution in [0, 0.1) is 0 Å². The molecule has 96 valence electrons. The zero-order chi connectivity index (χ0) is 13.2. The lowest BCUT2D eigenvalue weighted by Gasteiger charge is -2.11. The zero-order valence-electron chi connectivity index (χ0n) is 10.9. The van der Waals surface area contributed by atoms with Gasteiger partial charge < -0.3 is 9.63 Å². The normalized spacial score (nSPS) is 13.6. The molecule has 0 aliphatic carbocycles. The van der Waals surface area contributed by atoms with Crippen molar-refractivity contribution in [2.75, 3.05) is 0 Å². The fourth-order valence-electron chi connectivity index (χ4n) is 1.60. The maximum absolute atomic E-state index is 10.1. The number of hydrogen-bond acceptors (Lipinski definition) is 4. The van der Waals surface area contributed by atoms with Gasteiger partial charge in [0.2, 0.25) is 5.89 Å². The first kappa shape index (κ1) is 12.8. The Hall–Kier alpha value is -1.68. The summed E-state index contributed by atoms with van der Waals surface area (Å²) in [6.45, 7) is 6.07. The summed E-state index contributed by atoms with van der Waals surface area (Å²) in [5.41, 5.74) is 0.715. The van der Waals surface area contributed by atoms with Crippen LogP contribution in [0.5, 0.6) is 0 Å². The molecule has 0 bridgehead atoms. The number of rotatable bonds is 3. The standard InChI is InChI=1S/C14H18N2O2/c1-14(2,3)13-15-12(18-16-13)9-11(17)10-7-5-4-6-8-10/h4-8,11,17H,9H2,1-3H3. The molecule has 1 heterocycles. The topological polar surface area (TPSA) is 59.2 Å². The van der Waals surface area contributed by atoms with Gasteiger partial charge in [0.05, 0.1) is 12.5 Å². The molecule has 0 amide bonds. The van der Waals surface area contributed by atoms with Gasteiger partial charge in [-0.25, -0.2) is 0 Å². The molecule has 0 radical (unpaired) electrons. The van der Waals surface area contributed by atoms with Gasteiger partial charge in [0.15, 0.2) is 5.82 Å². The van der Waals surface area contributed by atoms with Crippen LogP contribution in [-0.4, -0.2) is 15.2 Å². The molecule has 1 N–H and O–H groups in total. The molecule has 0 saturated heterocycles. The average Bonchev–Trinajstić information content (AvgIpc) is 2.78. The summed E-state index contributed by atoms with van der Waals surface area (Å²) in [6.07, 6.45) is -0.271. The van der Waals surface area contributed by atoms with Crippen molar-refractivity contribution in [2.45, 2.75) is 38.7 Å². The molecule has 18 heavy (non-hydrogen) atoms. The molecule has 1 aromatic carbocycles.